The lowest BCUT2D eigenvalue weighted by Crippen LogP contribution is -1.82. The standard InChI is InChI=1S/C17H17N/c1-12-8-9-17-15(10-12)16(11-18(17)3)14-7-5-4-6-13(14)2/h4-11H,1-3H3. The van der Waals surface area contributed by atoms with Crippen LogP contribution in [0.2, 0.25) is 0 Å². The number of rotatable bonds is 1. The first-order valence-electron chi connectivity index (χ1n) is 6.28. The van der Waals surface area contributed by atoms with Crippen LogP contribution in [0, 0.1) is 13.8 Å². The highest BCUT2D eigenvalue weighted by Crippen LogP contribution is 2.32. The van der Waals surface area contributed by atoms with Crippen LogP contribution < -0.4 is 0 Å². The van der Waals surface area contributed by atoms with Gasteiger partial charge in [0.2, 0.25) is 0 Å². The fourth-order valence-electron chi connectivity index (χ4n) is 2.60. The van der Waals surface area contributed by atoms with Gasteiger partial charge in [-0.1, -0.05) is 35.9 Å². The fraction of sp³-hybridized carbons (Fsp3) is 0.176. The number of aromatic nitrogens is 1. The second kappa shape index (κ2) is 4.02. The monoisotopic (exact) mass is 235 g/mol. The van der Waals surface area contributed by atoms with Crippen molar-refractivity contribution >= 4 is 10.9 Å². The topological polar surface area (TPSA) is 4.93 Å². The van der Waals surface area contributed by atoms with Crippen molar-refractivity contribution < 1.29 is 0 Å². The molecule has 0 N–H and O–H groups in total. The summed E-state index contributed by atoms with van der Waals surface area (Å²) in [5, 5.41) is 1.34. The van der Waals surface area contributed by atoms with Crippen LogP contribution in [0.25, 0.3) is 22.0 Å². The smallest absolute Gasteiger partial charge is 0.0484 e. The molecule has 0 amide bonds. The molecule has 0 aliphatic heterocycles. The maximum atomic E-state index is 2.27. The summed E-state index contributed by atoms with van der Waals surface area (Å²) in [6.45, 7) is 4.32. The lowest BCUT2D eigenvalue weighted by molar-refractivity contribution is 0.970. The molecule has 3 aromatic rings. The first kappa shape index (κ1) is 11.1. The Labute approximate surface area is 108 Å². The molecule has 18 heavy (non-hydrogen) atoms. The zero-order chi connectivity index (χ0) is 12.7. The first-order valence-corrected chi connectivity index (χ1v) is 6.28. The van der Waals surface area contributed by atoms with E-state index in [1.165, 1.54) is 33.2 Å². The van der Waals surface area contributed by atoms with Gasteiger partial charge in [0.25, 0.3) is 0 Å². The summed E-state index contributed by atoms with van der Waals surface area (Å²) in [4.78, 5) is 0. The van der Waals surface area contributed by atoms with Gasteiger partial charge in [0, 0.05) is 29.7 Å². The highest BCUT2D eigenvalue weighted by atomic mass is 14.9. The number of benzene rings is 2. The van der Waals surface area contributed by atoms with Crippen LogP contribution in [-0.4, -0.2) is 4.57 Å². The molecule has 0 radical (unpaired) electrons. The summed E-state index contributed by atoms with van der Waals surface area (Å²) < 4.78 is 2.20. The van der Waals surface area contributed by atoms with E-state index in [0.29, 0.717) is 0 Å². The fourth-order valence-corrected chi connectivity index (χ4v) is 2.60. The molecule has 0 spiro atoms. The van der Waals surface area contributed by atoms with Gasteiger partial charge >= 0.3 is 0 Å². The van der Waals surface area contributed by atoms with Crippen molar-refractivity contribution in [1.82, 2.24) is 4.57 Å². The van der Waals surface area contributed by atoms with Gasteiger partial charge in [-0.2, -0.15) is 0 Å². The van der Waals surface area contributed by atoms with Gasteiger partial charge in [-0.15, -0.1) is 0 Å². The molecular formula is C17H17N. The van der Waals surface area contributed by atoms with Crippen molar-refractivity contribution in [3.63, 3.8) is 0 Å². The largest absolute Gasteiger partial charge is 0.350 e. The van der Waals surface area contributed by atoms with Crippen LogP contribution in [0.1, 0.15) is 11.1 Å². The molecule has 1 nitrogen and oxygen atoms in total. The van der Waals surface area contributed by atoms with E-state index in [1.807, 2.05) is 0 Å². The summed E-state index contributed by atoms with van der Waals surface area (Å²) in [6.07, 6.45) is 2.23. The molecule has 1 heterocycles. The first-order chi connectivity index (χ1) is 8.66. The predicted molar refractivity (Wildman–Crippen MR) is 77.8 cm³/mol. The lowest BCUT2D eigenvalue weighted by atomic mass is 9.99. The van der Waals surface area contributed by atoms with Gasteiger partial charge in [0.05, 0.1) is 0 Å². The van der Waals surface area contributed by atoms with Crippen LogP contribution >= 0.6 is 0 Å². The van der Waals surface area contributed by atoms with Crippen molar-refractivity contribution in [2.24, 2.45) is 7.05 Å². The summed E-state index contributed by atoms with van der Waals surface area (Å²) >= 11 is 0. The second-order valence-corrected chi connectivity index (χ2v) is 4.99. The average molecular weight is 235 g/mol. The Hall–Kier alpha value is -2.02. The minimum Gasteiger partial charge on any atom is -0.350 e. The molecule has 0 bridgehead atoms. The highest BCUT2D eigenvalue weighted by molar-refractivity contribution is 5.97. The summed E-state index contributed by atoms with van der Waals surface area (Å²) in [5.74, 6) is 0. The molecule has 1 aromatic heterocycles. The van der Waals surface area contributed by atoms with E-state index in [4.69, 9.17) is 0 Å². The lowest BCUT2D eigenvalue weighted by Gasteiger charge is -2.04. The third-order valence-electron chi connectivity index (χ3n) is 3.58. The van der Waals surface area contributed by atoms with E-state index in [-0.39, 0.29) is 0 Å². The number of fused-ring (bicyclic) bond motifs is 1. The normalized spacial score (nSPS) is 11.1. The van der Waals surface area contributed by atoms with Gasteiger partial charge in [0.15, 0.2) is 0 Å². The number of aryl methyl sites for hydroxylation is 3. The SMILES string of the molecule is Cc1ccc2c(c1)c(-c1ccccc1C)cn2C. The molecule has 0 aliphatic carbocycles. The van der Waals surface area contributed by atoms with E-state index in [2.05, 4.69) is 74.1 Å². The Morgan fingerprint density at radius 2 is 1.67 bits per heavy atom. The Morgan fingerprint density at radius 1 is 0.889 bits per heavy atom. The minimum absolute atomic E-state index is 1.29. The number of hydrogen-bond acceptors (Lipinski definition) is 0. The Morgan fingerprint density at radius 3 is 2.44 bits per heavy atom. The van der Waals surface area contributed by atoms with E-state index < -0.39 is 0 Å². The quantitative estimate of drug-likeness (QED) is 0.586. The van der Waals surface area contributed by atoms with Crippen LogP contribution in [0.4, 0.5) is 0 Å². The van der Waals surface area contributed by atoms with E-state index in [0.717, 1.165) is 0 Å². The third kappa shape index (κ3) is 1.63. The zero-order valence-corrected chi connectivity index (χ0v) is 11.1. The summed E-state index contributed by atoms with van der Waals surface area (Å²) in [5.41, 5.74) is 6.58. The minimum atomic E-state index is 1.29. The van der Waals surface area contributed by atoms with Crippen LogP contribution in [0.15, 0.2) is 48.7 Å². The summed E-state index contributed by atoms with van der Waals surface area (Å²) in [6, 6.07) is 15.2. The molecule has 0 saturated carbocycles. The van der Waals surface area contributed by atoms with Crippen LogP contribution in [-0.2, 0) is 7.05 Å². The van der Waals surface area contributed by atoms with Gasteiger partial charge in [-0.3, -0.25) is 0 Å². The van der Waals surface area contributed by atoms with Gasteiger partial charge in [-0.05, 0) is 37.1 Å². The molecule has 0 aliphatic rings. The van der Waals surface area contributed by atoms with Crippen molar-refractivity contribution in [2.75, 3.05) is 0 Å². The maximum Gasteiger partial charge on any atom is 0.0484 e. The number of nitrogens with zero attached hydrogens (tertiary/aromatic N) is 1. The van der Waals surface area contributed by atoms with Crippen LogP contribution in [0.3, 0.4) is 0 Å². The van der Waals surface area contributed by atoms with Gasteiger partial charge in [0.1, 0.15) is 0 Å². The Kier molecular flexibility index (Phi) is 2.48. The predicted octanol–water partition coefficient (Wildman–Crippen LogP) is 4.46. The Bertz CT molecular complexity index is 720. The van der Waals surface area contributed by atoms with Crippen molar-refractivity contribution in [3.8, 4) is 11.1 Å². The molecule has 2 aromatic carbocycles. The average Bonchev–Trinajstić information content (AvgIpc) is 2.67. The van der Waals surface area contributed by atoms with Crippen molar-refractivity contribution in [2.45, 2.75) is 13.8 Å². The molecule has 0 fully saturated rings. The van der Waals surface area contributed by atoms with Crippen molar-refractivity contribution in [1.29, 1.82) is 0 Å². The maximum absolute atomic E-state index is 2.27. The molecule has 90 valence electrons. The Balaban J connectivity index is 2.36. The van der Waals surface area contributed by atoms with Gasteiger partial charge in [-0.25, -0.2) is 0 Å². The molecule has 0 saturated heterocycles. The second-order valence-electron chi connectivity index (χ2n) is 4.99. The zero-order valence-electron chi connectivity index (χ0n) is 11.1. The third-order valence-corrected chi connectivity index (χ3v) is 3.58. The van der Waals surface area contributed by atoms with Crippen LogP contribution in [0.5, 0.6) is 0 Å². The summed E-state index contributed by atoms with van der Waals surface area (Å²) in [7, 11) is 2.11. The molecule has 1 heteroatoms. The van der Waals surface area contributed by atoms with E-state index in [1.54, 1.807) is 0 Å². The molecular weight excluding hydrogens is 218 g/mol. The van der Waals surface area contributed by atoms with Gasteiger partial charge < -0.3 is 4.57 Å². The molecule has 3 rings (SSSR count). The van der Waals surface area contributed by atoms with E-state index in [9.17, 15) is 0 Å². The highest BCUT2D eigenvalue weighted by Gasteiger charge is 2.10. The molecule has 0 unspecified atom stereocenters. The number of hydrogen-bond donors (Lipinski definition) is 0. The van der Waals surface area contributed by atoms with E-state index >= 15 is 0 Å². The van der Waals surface area contributed by atoms with Crippen molar-refractivity contribution in [3.05, 3.63) is 59.8 Å². The molecule has 0 atom stereocenters.